The van der Waals surface area contributed by atoms with Gasteiger partial charge in [-0.2, -0.15) is 0 Å². The highest BCUT2D eigenvalue weighted by atomic mass is 35.5. The Bertz CT molecular complexity index is 838. The van der Waals surface area contributed by atoms with Gasteiger partial charge in [-0.05, 0) is 81.6 Å². The van der Waals surface area contributed by atoms with Crippen LogP contribution in [0.5, 0.6) is 11.5 Å². The molecule has 0 bridgehead atoms. The van der Waals surface area contributed by atoms with Crippen LogP contribution in [0.2, 0.25) is 5.02 Å². The van der Waals surface area contributed by atoms with E-state index in [4.69, 9.17) is 21.1 Å². The zero-order valence-electron chi connectivity index (χ0n) is 18.2. The molecular weight excluding hydrogens is 400 g/mol. The number of aryl methyl sites for hydroxylation is 2. The lowest BCUT2D eigenvalue weighted by molar-refractivity contribution is -0.127. The molecule has 162 valence electrons. The van der Waals surface area contributed by atoms with Gasteiger partial charge in [0.2, 0.25) is 0 Å². The number of amides is 1. The Labute approximate surface area is 184 Å². The maximum Gasteiger partial charge on any atom is 0.261 e. The summed E-state index contributed by atoms with van der Waals surface area (Å²) in [5.41, 5.74) is 2.88. The van der Waals surface area contributed by atoms with E-state index in [1.54, 1.807) is 6.92 Å². The Balaban J connectivity index is 1.47. The molecule has 2 aromatic carbocycles. The summed E-state index contributed by atoms with van der Waals surface area (Å²) in [5, 5.41) is 3.65. The first-order chi connectivity index (χ1) is 14.3. The first-order valence-electron chi connectivity index (χ1n) is 10.5. The minimum atomic E-state index is -0.600. The minimum Gasteiger partial charge on any atom is -0.490 e. The Hall–Kier alpha value is -2.24. The molecule has 0 saturated carbocycles. The average molecular weight is 431 g/mol. The number of rotatable bonds is 7. The van der Waals surface area contributed by atoms with Crippen molar-refractivity contribution < 1.29 is 14.3 Å². The van der Waals surface area contributed by atoms with Crippen molar-refractivity contribution in [1.29, 1.82) is 0 Å². The molecule has 30 heavy (non-hydrogen) atoms. The fraction of sp³-hybridized carbons (Fsp3) is 0.458. The molecule has 0 radical (unpaired) electrons. The van der Waals surface area contributed by atoms with Crippen LogP contribution in [0.4, 0.5) is 0 Å². The molecule has 6 heteroatoms. The van der Waals surface area contributed by atoms with Crippen molar-refractivity contribution in [2.75, 3.05) is 20.1 Å². The third kappa shape index (κ3) is 6.13. The van der Waals surface area contributed by atoms with E-state index in [-0.39, 0.29) is 12.0 Å². The van der Waals surface area contributed by atoms with E-state index in [2.05, 4.69) is 17.3 Å². The van der Waals surface area contributed by atoms with Gasteiger partial charge in [0.25, 0.3) is 5.91 Å². The lowest BCUT2D eigenvalue weighted by Crippen LogP contribution is -2.36. The van der Waals surface area contributed by atoms with E-state index < -0.39 is 6.10 Å². The molecule has 3 rings (SSSR count). The van der Waals surface area contributed by atoms with E-state index in [0.29, 0.717) is 12.3 Å². The number of nitrogens with zero attached hydrogens (tertiary/aromatic N) is 1. The maximum absolute atomic E-state index is 12.4. The highest BCUT2D eigenvalue weighted by Crippen LogP contribution is 2.26. The molecule has 0 spiro atoms. The molecule has 0 unspecified atom stereocenters. The topological polar surface area (TPSA) is 50.8 Å². The van der Waals surface area contributed by atoms with Gasteiger partial charge >= 0.3 is 0 Å². The molecule has 1 aliphatic rings. The number of carbonyl (C=O) groups excluding carboxylic acids is 1. The normalized spacial score (nSPS) is 16.2. The van der Waals surface area contributed by atoms with Crippen molar-refractivity contribution in [3.8, 4) is 11.5 Å². The smallest absolute Gasteiger partial charge is 0.261 e. The van der Waals surface area contributed by atoms with Crippen molar-refractivity contribution in [3.05, 3.63) is 58.1 Å². The molecule has 0 aliphatic carbocycles. The van der Waals surface area contributed by atoms with Crippen LogP contribution in [0.15, 0.2) is 36.4 Å². The van der Waals surface area contributed by atoms with Crippen LogP contribution >= 0.6 is 11.6 Å². The van der Waals surface area contributed by atoms with Crippen LogP contribution in [0.1, 0.15) is 36.5 Å². The highest BCUT2D eigenvalue weighted by Gasteiger charge is 2.18. The summed E-state index contributed by atoms with van der Waals surface area (Å²) in [7, 11) is 2.14. The van der Waals surface area contributed by atoms with E-state index in [9.17, 15) is 4.79 Å². The lowest BCUT2D eigenvalue weighted by Gasteiger charge is -2.29. The Morgan fingerprint density at radius 3 is 2.33 bits per heavy atom. The number of ether oxygens (including phenoxy) is 2. The van der Waals surface area contributed by atoms with Crippen molar-refractivity contribution in [3.63, 3.8) is 0 Å². The fourth-order valence-electron chi connectivity index (χ4n) is 3.55. The van der Waals surface area contributed by atoms with E-state index in [1.807, 2.05) is 50.2 Å². The second kappa shape index (κ2) is 10.2. The van der Waals surface area contributed by atoms with Gasteiger partial charge in [0.15, 0.2) is 6.10 Å². The molecule has 1 amide bonds. The number of benzene rings is 2. The number of hydrogen-bond acceptors (Lipinski definition) is 4. The van der Waals surface area contributed by atoms with Crippen LogP contribution in [0.3, 0.4) is 0 Å². The van der Waals surface area contributed by atoms with Gasteiger partial charge in [-0.1, -0.05) is 23.7 Å². The molecule has 1 N–H and O–H groups in total. The van der Waals surface area contributed by atoms with Crippen molar-refractivity contribution >= 4 is 17.5 Å². The number of hydrogen-bond donors (Lipinski definition) is 1. The van der Waals surface area contributed by atoms with Crippen LogP contribution in [0.25, 0.3) is 0 Å². The minimum absolute atomic E-state index is 0.160. The maximum atomic E-state index is 12.4. The zero-order chi connectivity index (χ0) is 21.7. The van der Waals surface area contributed by atoms with Crippen molar-refractivity contribution in [2.45, 2.75) is 52.4 Å². The zero-order valence-corrected chi connectivity index (χ0v) is 19.0. The molecular formula is C24H31ClN2O3. The molecule has 1 heterocycles. The third-order valence-electron chi connectivity index (χ3n) is 5.45. The molecule has 1 aliphatic heterocycles. The van der Waals surface area contributed by atoms with E-state index >= 15 is 0 Å². The summed E-state index contributed by atoms with van der Waals surface area (Å²) >= 11 is 6.19. The first kappa shape index (κ1) is 22.4. The standard InChI is InChI=1S/C24H31ClN2O3/c1-16-13-22(14-17(2)23(16)25)29-18(3)24(28)26-15-19-5-7-20(8-6-19)30-21-9-11-27(4)12-10-21/h5-8,13-14,18,21H,9-12,15H2,1-4H3,(H,26,28)/t18-/m0/s1. The Kier molecular flexibility index (Phi) is 7.62. The van der Waals surface area contributed by atoms with E-state index in [1.165, 1.54) is 0 Å². The summed E-state index contributed by atoms with van der Waals surface area (Å²) in [5.74, 6) is 1.36. The largest absolute Gasteiger partial charge is 0.490 e. The molecule has 5 nitrogen and oxygen atoms in total. The van der Waals surface area contributed by atoms with Crippen LogP contribution < -0.4 is 14.8 Å². The quantitative estimate of drug-likeness (QED) is 0.702. The molecule has 1 saturated heterocycles. The summed E-state index contributed by atoms with van der Waals surface area (Å²) in [4.78, 5) is 14.7. The summed E-state index contributed by atoms with van der Waals surface area (Å²) < 4.78 is 11.9. The van der Waals surface area contributed by atoms with E-state index in [0.717, 1.165) is 53.4 Å². The molecule has 1 fully saturated rings. The molecule has 0 aromatic heterocycles. The third-order valence-corrected chi connectivity index (χ3v) is 6.05. The van der Waals surface area contributed by atoms with Gasteiger partial charge in [-0.15, -0.1) is 0 Å². The number of likely N-dealkylation sites (tertiary alicyclic amines) is 1. The van der Waals surface area contributed by atoms with Gasteiger partial charge in [-0.3, -0.25) is 4.79 Å². The number of carbonyl (C=O) groups is 1. The van der Waals surface area contributed by atoms with Gasteiger partial charge < -0.3 is 19.7 Å². The molecule has 2 aromatic rings. The number of nitrogens with one attached hydrogen (secondary N) is 1. The van der Waals surface area contributed by atoms with Gasteiger partial charge in [0.1, 0.15) is 17.6 Å². The van der Waals surface area contributed by atoms with Crippen molar-refractivity contribution in [2.24, 2.45) is 0 Å². The number of halogens is 1. The second-order valence-electron chi connectivity index (χ2n) is 8.11. The SMILES string of the molecule is Cc1cc(O[C@@H](C)C(=O)NCc2ccc(OC3CCN(C)CC3)cc2)cc(C)c1Cl. The summed E-state index contributed by atoms with van der Waals surface area (Å²) in [6.07, 6.45) is 1.79. The van der Waals surface area contributed by atoms with Crippen molar-refractivity contribution in [1.82, 2.24) is 10.2 Å². The van der Waals surface area contributed by atoms with Gasteiger partial charge in [0.05, 0.1) is 0 Å². The van der Waals surface area contributed by atoms with Crippen LogP contribution in [0, 0.1) is 13.8 Å². The Morgan fingerprint density at radius 1 is 1.13 bits per heavy atom. The summed E-state index contributed by atoms with van der Waals surface area (Å²) in [6, 6.07) is 11.6. The Morgan fingerprint density at radius 2 is 1.73 bits per heavy atom. The average Bonchev–Trinajstić information content (AvgIpc) is 2.72. The monoisotopic (exact) mass is 430 g/mol. The predicted octanol–water partition coefficient (Wildman–Crippen LogP) is 4.51. The summed E-state index contributed by atoms with van der Waals surface area (Å²) in [6.45, 7) is 8.18. The fourth-order valence-corrected chi connectivity index (χ4v) is 3.65. The molecule has 1 atom stereocenters. The van der Waals surface area contributed by atoms with Crippen LogP contribution in [-0.2, 0) is 11.3 Å². The number of piperidine rings is 1. The predicted molar refractivity (Wildman–Crippen MR) is 120 cm³/mol. The highest BCUT2D eigenvalue weighted by molar-refractivity contribution is 6.32. The van der Waals surface area contributed by atoms with Gasteiger partial charge in [0, 0.05) is 24.7 Å². The first-order valence-corrected chi connectivity index (χ1v) is 10.8. The lowest BCUT2D eigenvalue weighted by atomic mass is 10.1. The van der Waals surface area contributed by atoms with Crippen LogP contribution in [-0.4, -0.2) is 43.2 Å². The second-order valence-corrected chi connectivity index (χ2v) is 8.49. The van der Waals surface area contributed by atoms with Gasteiger partial charge in [-0.25, -0.2) is 0 Å².